The Morgan fingerprint density at radius 2 is 1.63 bits per heavy atom. The minimum absolute atomic E-state index is 0. The molecule has 0 saturated carbocycles. The van der Waals surface area contributed by atoms with E-state index in [9.17, 15) is 8.42 Å². The smallest absolute Gasteiger partial charge is 0.243 e. The molecule has 2 N–H and O–H groups in total. The van der Waals surface area contributed by atoms with Crippen LogP contribution in [0.1, 0.15) is 44.9 Å². The van der Waals surface area contributed by atoms with E-state index in [0.717, 1.165) is 18.1 Å². The lowest BCUT2D eigenvalue weighted by molar-refractivity contribution is 0.410. The van der Waals surface area contributed by atoms with E-state index in [2.05, 4.69) is 34.7 Å². The van der Waals surface area contributed by atoms with Gasteiger partial charge in [0.25, 0.3) is 0 Å². The summed E-state index contributed by atoms with van der Waals surface area (Å²) in [6.07, 6.45) is 0. The van der Waals surface area contributed by atoms with Crippen LogP contribution in [0.15, 0.2) is 64.5 Å². The van der Waals surface area contributed by atoms with Crippen LogP contribution >= 0.6 is 24.0 Å². The third kappa shape index (κ3) is 7.24. The molecule has 0 saturated heterocycles. The highest BCUT2D eigenvalue weighted by Crippen LogP contribution is 2.17. The average molecular weight is 545 g/mol. The Bertz CT molecular complexity index is 900. The van der Waals surface area contributed by atoms with Gasteiger partial charge in [0.15, 0.2) is 5.96 Å². The Morgan fingerprint density at radius 3 is 2.17 bits per heavy atom. The highest BCUT2D eigenvalue weighted by Gasteiger charge is 2.22. The molecule has 1 unspecified atom stereocenters. The fourth-order valence-electron chi connectivity index (χ4n) is 2.73. The molecule has 0 aliphatic rings. The third-order valence-corrected chi connectivity index (χ3v) is 6.79. The van der Waals surface area contributed by atoms with Crippen LogP contribution in [-0.4, -0.2) is 38.3 Å². The summed E-state index contributed by atoms with van der Waals surface area (Å²) in [7, 11) is -1.87. The van der Waals surface area contributed by atoms with Crippen molar-refractivity contribution < 1.29 is 8.42 Å². The Morgan fingerprint density at radius 1 is 1.03 bits per heavy atom. The van der Waals surface area contributed by atoms with E-state index in [0.29, 0.717) is 11.4 Å². The second-order valence-corrected chi connectivity index (χ2v) is 9.23. The van der Waals surface area contributed by atoms with E-state index in [4.69, 9.17) is 0 Å². The van der Waals surface area contributed by atoms with E-state index in [1.165, 1.54) is 9.87 Å². The van der Waals surface area contributed by atoms with Crippen molar-refractivity contribution in [2.24, 2.45) is 4.99 Å². The topological polar surface area (TPSA) is 73.8 Å². The van der Waals surface area contributed by atoms with Gasteiger partial charge in [-0.3, -0.25) is 0 Å². The van der Waals surface area contributed by atoms with Gasteiger partial charge in [0, 0.05) is 19.6 Å². The molecule has 30 heavy (non-hydrogen) atoms. The van der Waals surface area contributed by atoms with Gasteiger partial charge >= 0.3 is 0 Å². The Hall–Kier alpha value is -1.65. The molecular weight excluding hydrogens is 511 g/mol. The number of sulfonamides is 1. The van der Waals surface area contributed by atoms with Gasteiger partial charge in [-0.05, 0) is 51.0 Å². The van der Waals surface area contributed by atoms with E-state index in [1.54, 1.807) is 19.2 Å². The fourth-order valence-corrected chi connectivity index (χ4v) is 4.10. The summed E-state index contributed by atoms with van der Waals surface area (Å²) in [5, 5.41) is 6.66. The molecule has 0 heterocycles. The summed E-state index contributed by atoms with van der Waals surface area (Å²) in [5.74, 6) is 0.722. The summed E-state index contributed by atoms with van der Waals surface area (Å²) in [6.45, 7) is 9.03. The molecule has 0 spiro atoms. The second-order valence-electron chi connectivity index (χ2n) is 7.23. The molecule has 2 aromatic carbocycles. The van der Waals surface area contributed by atoms with Crippen molar-refractivity contribution in [3.05, 3.63) is 65.7 Å². The van der Waals surface area contributed by atoms with Gasteiger partial charge in [-0.1, -0.05) is 42.5 Å². The summed E-state index contributed by atoms with van der Waals surface area (Å²) in [4.78, 5) is 4.93. The Balaban J connectivity index is 0.00000450. The quantitative estimate of drug-likeness (QED) is 0.298. The van der Waals surface area contributed by atoms with Gasteiger partial charge in [-0.15, -0.1) is 24.0 Å². The zero-order chi connectivity index (χ0) is 21.4. The number of aliphatic imine (C=N–C) groups is 1. The first-order chi connectivity index (χ1) is 13.8. The molecule has 0 aromatic heterocycles. The molecule has 2 rings (SSSR count). The zero-order valence-corrected chi connectivity index (χ0v) is 21.4. The van der Waals surface area contributed by atoms with Gasteiger partial charge in [-0.25, -0.2) is 13.4 Å². The number of guanidine groups is 1. The second kappa shape index (κ2) is 12.3. The standard InChI is InChI=1S/C22H32N4O2S.HI/c1-6-23-22(25-18(4)20-10-8-7-9-11-20)24-16-19-12-14-21(15-13-19)29(27,28)26(5)17(2)3;/h7-15,17-18H,6,16H2,1-5H3,(H2,23,24,25);1H. The lowest BCUT2D eigenvalue weighted by atomic mass is 10.1. The maximum Gasteiger partial charge on any atom is 0.243 e. The molecular formula is C22H33IN4O2S. The van der Waals surface area contributed by atoms with Crippen molar-refractivity contribution in [3.8, 4) is 0 Å². The van der Waals surface area contributed by atoms with Crippen LogP contribution in [-0.2, 0) is 16.6 Å². The average Bonchev–Trinajstić information content (AvgIpc) is 2.72. The normalized spacial score (nSPS) is 13.1. The summed E-state index contributed by atoms with van der Waals surface area (Å²) in [6, 6.07) is 17.1. The van der Waals surface area contributed by atoms with Crippen molar-refractivity contribution in [2.45, 2.75) is 51.2 Å². The fraction of sp³-hybridized carbons (Fsp3) is 0.409. The first-order valence-electron chi connectivity index (χ1n) is 9.92. The van der Waals surface area contributed by atoms with Crippen molar-refractivity contribution in [2.75, 3.05) is 13.6 Å². The number of hydrogen-bond donors (Lipinski definition) is 2. The van der Waals surface area contributed by atoms with Crippen LogP contribution in [0.4, 0.5) is 0 Å². The first kappa shape index (κ1) is 26.4. The maximum atomic E-state index is 12.6. The number of hydrogen-bond acceptors (Lipinski definition) is 3. The van der Waals surface area contributed by atoms with Gasteiger partial charge < -0.3 is 10.6 Å². The molecule has 0 bridgehead atoms. The molecule has 0 aliphatic heterocycles. The zero-order valence-electron chi connectivity index (χ0n) is 18.3. The third-order valence-electron chi connectivity index (χ3n) is 4.74. The van der Waals surface area contributed by atoms with Crippen LogP contribution in [0.25, 0.3) is 0 Å². The summed E-state index contributed by atoms with van der Waals surface area (Å²) in [5.41, 5.74) is 2.13. The number of halogens is 1. The van der Waals surface area contributed by atoms with Gasteiger partial charge in [0.05, 0.1) is 17.5 Å². The molecule has 0 amide bonds. The molecule has 0 aliphatic carbocycles. The molecule has 166 valence electrons. The van der Waals surface area contributed by atoms with Crippen molar-refractivity contribution >= 4 is 40.0 Å². The van der Waals surface area contributed by atoms with E-state index in [1.807, 2.05) is 51.1 Å². The largest absolute Gasteiger partial charge is 0.357 e. The monoisotopic (exact) mass is 544 g/mol. The Labute approximate surface area is 198 Å². The van der Waals surface area contributed by atoms with Crippen molar-refractivity contribution in [1.82, 2.24) is 14.9 Å². The van der Waals surface area contributed by atoms with Crippen LogP contribution < -0.4 is 10.6 Å². The van der Waals surface area contributed by atoms with Crippen LogP contribution in [0.5, 0.6) is 0 Å². The lowest BCUT2D eigenvalue weighted by Gasteiger charge is -2.21. The van der Waals surface area contributed by atoms with Crippen LogP contribution in [0.2, 0.25) is 0 Å². The highest BCUT2D eigenvalue weighted by molar-refractivity contribution is 14.0. The summed E-state index contributed by atoms with van der Waals surface area (Å²) >= 11 is 0. The van der Waals surface area contributed by atoms with Crippen molar-refractivity contribution in [3.63, 3.8) is 0 Å². The molecule has 2 aromatic rings. The predicted octanol–water partition coefficient (Wildman–Crippen LogP) is 4.15. The van der Waals surface area contributed by atoms with Crippen LogP contribution in [0, 0.1) is 0 Å². The Kier molecular flexibility index (Phi) is 10.8. The van der Waals surface area contributed by atoms with Crippen molar-refractivity contribution in [1.29, 1.82) is 0 Å². The molecule has 0 fully saturated rings. The van der Waals surface area contributed by atoms with Gasteiger partial charge in [0.1, 0.15) is 0 Å². The molecule has 6 nitrogen and oxygen atoms in total. The van der Waals surface area contributed by atoms with Crippen LogP contribution in [0.3, 0.4) is 0 Å². The number of benzene rings is 2. The van der Waals surface area contributed by atoms with E-state index < -0.39 is 10.0 Å². The van der Waals surface area contributed by atoms with E-state index in [-0.39, 0.29) is 36.1 Å². The van der Waals surface area contributed by atoms with E-state index >= 15 is 0 Å². The highest BCUT2D eigenvalue weighted by atomic mass is 127. The number of nitrogens with zero attached hydrogens (tertiary/aromatic N) is 2. The molecule has 1 atom stereocenters. The van der Waals surface area contributed by atoms with Gasteiger partial charge in [-0.2, -0.15) is 4.31 Å². The minimum Gasteiger partial charge on any atom is -0.357 e. The SMILES string of the molecule is CCNC(=NCc1ccc(S(=O)(=O)N(C)C(C)C)cc1)NC(C)c1ccccc1.I. The lowest BCUT2D eigenvalue weighted by Crippen LogP contribution is -2.38. The number of nitrogens with one attached hydrogen (secondary N) is 2. The molecule has 0 radical (unpaired) electrons. The number of rotatable bonds is 8. The summed E-state index contributed by atoms with van der Waals surface area (Å²) < 4.78 is 26.5. The first-order valence-corrected chi connectivity index (χ1v) is 11.4. The minimum atomic E-state index is -3.47. The maximum absolute atomic E-state index is 12.6. The van der Waals surface area contributed by atoms with Gasteiger partial charge in [0.2, 0.25) is 10.0 Å². The predicted molar refractivity (Wildman–Crippen MR) is 135 cm³/mol. The molecule has 8 heteroatoms.